The molecule has 0 saturated carbocycles. The minimum atomic E-state index is 0.934. The molecule has 24 heavy (non-hydrogen) atoms. The van der Waals surface area contributed by atoms with Crippen molar-refractivity contribution in [3.8, 4) is 0 Å². The van der Waals surface area contributed by atoms with Crippen molar-refractivity contribution in [2.75, 3.05) is 13.1 Å². The van der Waals surface area contributed by atoms with E-state index in [1.807, 2.05) is 24.4 Å². The first-order chi connectivity index (χ1) is 11.8. The fourth-order valence-electron chi connectivity index (χ4n) is 2.51. The van der Waals surface area contributed by atoms with Gasteiger partial charge in [-0.2, -0.15) is 0 Å². The molecule has 2 rings (SSSR count). The fraction of sp³-hybridized carbons (Fsp3) is 0.600. The molecule has 0 unspecified atom stereocenters. The average molecular weight is 331 g/mol. The molecule has 1 N–H and O–H groups in total. The van der Waals surface area contributed by atoms with Crippen molar-refractivity contribution in [1.29, 1.82) is 0 Å². The van der Waals surface area contributed by atoms with Crippen molar-refractivity contribution in [3.05, 3.63) is 47.8 Å². The molecule has 0 saturated heterocycles. The van der Waals surface area contributed by atoms with Crippen LogP contribution in [0.15, 0.2) is 36.5 Å². The highest BCUT2D eigenvalue weighted by molar-refractivity contribution is 5.11. The Balaban J connectivity index is 0.000000341. The fourth-order valence-corrected chi connectivity index (χ4v) is 2.51. The predicted octanol–water partition coefficient (Wildman–Crippen LogP) is 4.98. The maximum Gasteiger partial charge on any atom is 0.0964 e. The number of unbranched alkanes of at least 4 members (excludes halogenated alkanes) is 4. The van der Waals surface area contributed by atoms with Crippen molar-refractivity contribution >= 4 is 0 Å². The molecule has 0 amide bonds. The van der Waals surface area contributed by atoms with Gasteiger partial charge >= 0.3 is 0 Å². The summed E-state index contributed by atoms with van der Waals surface area (Å²) in [5, 5.41) is 10.6. The van der Waals surface area contributed by atoms with Gasteiger partial charge in [0.1, 0.15) is 0 Å². The van der Waals surface area contributed by atoms with Gasteiger partial charge in [0.05, 0.1) is 5.69 Å². The van der Waals surface area contributed by atoms with Crippen LogP contribution >= 0.6 is 0 Å². The minimum absolute atomic E-state index is 0.934. The first-order valence-corrected chi connectivity index (χ1v) is 9.35. The highest BCUT2D eigenvalue weighted by atomic mass is 15.3. The molecule has 0 aliphatic heterocycles. The maximum absolute atomic E-state index is 4.07. The summed E-state index contributed by atoms with van der Waals surface area (Å²) in [6, 6.07) is 10.3. The Morgan fingerprint density at radius 3 is 1.96 bits per heavy atom. The standard InChI is InChI=1S/C13H26N4.C7H8/c1-3-5-7-9-17(10-8-6-4-2)12-13-11-14-16-15-13;1-7-5-3-2-4-6-7/h11H,3-10,12H2,1-2H3,(H,14,15,16);2-6H,1H3. The van der Waals surface area contributed by atoms with Crippen LogP contribution in [-0.4, -0.2) is 33.4 Å². The van der Waals surface area contributed by atoms with Crippen molar-refractivity contribution < 1.29 is 0 Å². The summed E-state index contributed by atoms with van der Waals surface area (Å²) in [5.41, 5.74) is 2.38. The van der Waals surface area contributed by atoms with Gasteiger partial charge in [0.2, 0.25) is 0 Å². The Morgan fingerprint density at radius 2 is 1.54 bits per heavy atom. The second-order valence-electron chi connectivity index (χ2n) is 6.31. The molecule has 2 aromatic rings. The molecule has 1 aromatic heterocycles. The third-order valence-corrected chi connectivity index (χ3v) is 3.95. The van der Waals surface area contributed by atoms with Gasteiger partial charge in [-0.05, 0) is 32.9 Å². The average Bonchev–Trinajstić information content (AvgIpc) is 3.09. The quantitative estimate of drug-likeness (QED) is 0.625. The lowest BCUT2D eigenvalue weighted by Crippen LogP contribution is -2.25. The van der Waals surface area contributed by atoms with Crippen molar-refractivity contribution in [2.24, 2.45) is 0 Å². The molecule has 0 spiro atoms. The Morgan fingerprint density at radius 1 is 0.917 bits per heavy atom. The van der Waals surface area contributed by atoms with Gasteiger partial charge in [-0.15, -0.1) is 5.10 Å². The lowest BCUT2D eigenvalue weighted by Gasteiger charge is -2.20. The van der Waals surface area contributed by atoms with E-state index in [2.05, 4.69) is 53.2 Å². The lowest BCUT2D eigenvalue weighted by atomic mass is 10.2. The summed E-state index contributed by atoms with van der Waals surface area (Å²) in [5.74, 6) is 0. The van der Waals surface area contributed by atoms with Gasteiger partial charge in [-0.25, -0.2) is 0 Å². The topological polar surface area (TPSA) is 44.8 Å². The van der Waals surface area contributed by atoms with Crippen molar-refractivity contribution in [1.82, 2.24) is 20.3 Å². The molecule has 0 aliphatic carbocycles. The van der Waals surface area contributed by atoms with E-state index in [9.17, 15) is 0 Å². The SMILES string of the molecule is CCCCCN(CCCCC)Cc1c[nH]nn1.Cc1ccccc1. The smallest absolute Gasteiger partial charge is 0.0964 e. The molecule has 4 nitrogen and oxygen atoms in total. The zero-order valence-electron chi connectivity index (χ0n) is 15.7. The van der Waals surface area contributed by atoms with Crippen LogP contribution in [0.4, 0.5) is 0 Å². The zero-order chi connectivity index (χ0) is 17.5. The van der Waals surface area contributed by atoms with Gasteiger partial charge in [0.25, 0.3) is 0 Å². The number of nitrogens with zero attached hydrogens (tertiary/aromatic N) is 3. The molecule has 4 heteroatoms. The van der Waals surface area contributed by atoms with Gasteiger partial charge in [0, 0.05) is 12.7 Å². The van der Waals surface area contributed by atoms with E-state index in [1.54, 1.807) is 0 Å². The van der Waals surface area contributed by atoms with E-state index in [0.717, 1.165) is 12.2 Å². The molecular weight excluding hydrogens is 296 g/mol. The highest BCUT2D eigenvalue weighted by Gasteiger charge is 2.07. The van der Waals surface area contributed by atoms with Gasteiger partial charge in [-0.1, -0.05) is 80.6 Å². The monoisotopic (exact) mass is 330 g/mol. The molecule has 0 bridgehead atoms. The van der Waals surface area contributed by atoms with Crippen LogP contribution in [0.5, 0.6) is 0 Å². The number of aromatic amines is 1. The molecule has 0 atom stereocenters. The molecule has 134 valence electrons. The number of hydrogen-bond donors (Lipinski definition) is 1. The summed E-state index contributed by atoms with van der Waals surface area (Å²) in [6.45, 7) is 9.89. The number of aryl methyl sites for hydroxylation is 1. The second-order valence-corrected chi connectivity index (χ2v) is 6.31. The Bertz CT molecular complexity index is 472. The summed E-state index contributed by atoms with van der Waals surface area (Å²) >= 11 is 0. The third-order valence-electron chi connectivity index (χ3n) is 3.95. The number of nitrogens with one attached hydrogen (secondary N) is 1. The van der Waals surface area contributed by atoms with E-state index in [4.69, 9.17) is 0 Å². The van der Waals surface area contributed by atoms with Gasteiger partial charge < -0.3 is 0 Å². The van der Waals surface area contributed by atoms with E-state index < -0.39 is 0 Å². The largest absolute Gasteiger partial charge is 0.297 e. The van der Waals surface area contributed by atoms with E-state index >= 15 is 0 Å². The summed E-state index contributed by atoms with van der Waals surface area (Å²) < 4.78 is 0. The van der Waals surface area contributed by atoms with Crippen LogP contribution in [0.1, 0.15) is 63.6 Å². The van der Waals surface area contributed by atoms with Gasteiger partial charge in [-0.3, -0.25) is 10.00 Å². The first-order valence-electron chi connectivity index (χ1n) is 9.35. The molecule has 0 aliphatic rings. The lowest BCUT2D eigenvalue weighted by molar-refractivity contribution is 0.251. The van der Waals surface area contributed by atoms with E-state index in [0.29, 0.717) is 0 Å². The van der Waals surface area contributed by atoms with Crippen LogP contribution in [0.25, 0.3) is 0 Å². The molecule has 0 fully saturated rings. The highest BCUT2D eigenvalue weighted by Crippen LogP contribution is 2.06. The number of hydrogen-bond acceptors (Lipinski definition) is 3. The van der Waals surface area contributed by atoms with Crippen LogP contribution in [0.3, 0.4) is 0 Å². The molecule has 1 heterocycles. The van der Waals surface area contributed by atoms with Crippen molar-refractivity contribution in [3.63, 3.8) is 0 Å². The number of rotatable bonds is 10. The second kappa shape index (κ2) is 13.7. The minimum Gasteiger partial charge on any atom is -0.297 e. The number of H-pyrrole nitrogens is 1. The Labute approximate surface area is 147 Å². The van der Waals surface area contributed by atoms with E-state index in [-0.39, 0.29) is 0 Å². The summed E-state index contributed by atoms with van der Waals surface area (Å²) in [4.78, 5) is 2.50. The number of benzene rings is 1. The zero-order valence-corrected chi connectivity index (χ0v) is 15.7. The summed E-state index contributed by atoms with van der Waals surface area (Å²) in [7, 11) is 0. The predicted molar refractivity (Wildman–Crippen MR) is 102 cm³/mol. The van der Waals surface area contributed by atoms with E-state index in [1.165, 1.54) is 57.2 Å². The van der Waals surface area contributed by atoms with Crippen LogP contribution in [0, 0.1) is 6.92 Å². The van der Waals surface area contributed by atoms with Crippen LogP contribution in [-0.2, 0) is 6.54 Å². The Kier molecular flexibility index (Phi) is 11.7. The Hall–Kier alpha value is -1.68. The maximum atomic E-state index is 4.07. The first kappa shape index (κ1) is 20.4. The van der Waals surface area contributed by atoms with Crippen LogP contribution < -0.4 is 0 Å². The third kappa shape index (κ3) is 10.2. The van der Waals surface area contributed by atoms with Crippen LogP contribution in [0.2, 0.25) is 0 Å². The number of aromatic nitrogens is 3. The van der Waals surface area contributed by atoms with Crippen molar-refractivity contribution in [2.45, 2.75) is 65.8 Å². The van der Waals surface area contributed by atoms with Gasteiger partial charge in [0.15, 0.2) is 0 Å². The summed E-state index contributed by atoms with van der Waals surface area (Å²) in [6.07, 6.45) is 9.69. The molecule has 0 radical (unpaired) electrons. The molecule has 1 aromatic carbocycles. The molecular formula is C20H34N4. The normalized spacial score (nSPS) is 10.5.